The molecule has 2 aromatic carbocycles. The number of hydrogen-bond donors (Lipinski definition) is 0. The van der Waals surface area contributed by atoms with Crippen LogP contribution in [0.15, 0.2) is 36.4 Å². The maximum absolute atomic E-state index is 13.3. The van der Waals surface area contributed by atoms with Gasteiger partial charge >= 0.3 is 5.97 Å². The van der Waals surface area contributed by atoms with Crippen molar-refractivity contribution in [2.75, 3.05) is 13.7 Å². The lowest BCUT2D eigenvalue weighted by molar-refractivity contribution is -0.200. The Morgan fingerprint density at radius 1 is 0.971 bits per heavy atom. The molecule has 35 heavy (non-hydrogen) atoms. The highest BCUT2D eigenvalue weighted by atomic mass is 16.7. The molecule has 0 saturated heterocycles. The van der Waals surface area contributed by atoms with Crippen molar-refractivity contribution in [3.05, 3.63) is 58.7 Å². The zero-order valence-corrected chi connectivity index (χ0v) is 20.1. The Hall–Kier alpha value is -4.21. The van der Waals surface area contributed by atoms with Crippen LogP contribution in [-0.2, 0) is 19.2 Å². The van der Waals surface area contributed by atoms with Gasteiger partial charge in [-0.05, 0) is 43.7 Å². The number of hydrogen-bond acceptors (Lipinski definition) is 8. The molecule has 0 bridgehead atoms. The lowest BCUT2D eigenvalue weighted by Gasteiger charge is -2.28. The lowest BCUT2D eigenvalue weighted by Crippen LogP contribution is -2.41. The maximum atomic E-state index is 13.3. The second kappa shape index (κ2) is 10.4. The van der Waals surface area contributed by atoms with Gasteiger partial charge in [-0.25, -0.2) is 4.79 Å². The predicted molar refractivity (Wildman–Crippen MR) is 122 cm³/mol. The van der Waals surface area contributed by atoms with Gasteiger partial charge in [0.2, 0.25) is 0 Å². The number of fused-ring (bicyclic) bond motifs is 1. The number of benzene rings is 2. The first kappa shape index (κ1) is 25.4. The number of amides is 4. The van der Waals surface area contributed by atoms with Crippen molar-refractivity contribution >= 4 is 29.6 Å². The van der Waals surface area contributed by atoms with Crippen molar-refractivity contribution in [2.45, 2.75) is 40.2 Å². The van der Waals surface area contributed by atoms with E-state index in [0.717, 1.165) is 24.3 Å². The van der Waals surface area contributed by atoms with Gasteiger partial charge in [0, 0.05) is 13.8 Å². The summed E-state index contributed by atoms with van der Waals surface area (Å²) in [4.78, 5) is 68.8. The topological polar surface area (TPSA) is 120 Å². The molecule has 1 heterocycles. The highest BCUT2D eigenvalue weighted by Crippen LogP contribution is 2.38. The molecule has 1 aliphatic rings. The number of rotatable bonds is 7. The second-order valence-electron chi connectivity index (χ2n) is 7.88. The Morgan fingerprint density at radius 3 is 2.26 bits per heavy atom. The van der Waals surface area contributed by atoms with E-state index in [4.69, 9.17) is 14.3 Å². The molecular weight excluding hydrogens is 456 g/mol. The van der Waals surface area contributed by atoms with Crippen LogP contribution in [0.4, 0.5) is 0 Å². The molecule has 0 N–H and O–H groups in total. The van der Waals surface area contributed by atoms with Crippen molar-refractivity contribution in [3.63, 3.8) is 0 Å². The fourth-order valence-electron chi connectivity index (χ4n) is 3.85. The summed E-state index contributed by atoms with van der Waals surface area (Å²) in [5, 5.41) is 0.324. The molecule has 0 aromatic heterocycles. The van der Waals surface area contributed by atoms with Gasteiger partial charge in [0.05, 0.1) is 37.3 Å². The summed E-state index contributed by atoms with van der Waals surface area (Å²) in [6.45, 7) is 6.00. The number of hydroxylamine groups is 2. The van der Waals surface area contributed by atoms with Gasteiger partial charge in [-0.15, -0.1) is 5.06 Å². The zero-order chi connectivity index (χ0) is 25.9. The molecule has 0 radical (unpaired) electrons. The van der Waals surface area contributed by atoms with E-state index in [0.29, 0.717) is 28.7 Å². The minimum absolute atomic E-state index is 0.208. The Labute approximate surface area is 202 Å². The summed E-state index contributed by atoms with van der Waals surface area (Å²) in [5.74, 6) is -3.00. The third-order valence-electron chi connectivity index (χ3n) is 5.36. The Kier molecular flexibility index (Phi) is 7.53. The molecule has 0 saturated carbocycles. The van der Waals surface area contributed by atoms with Crippen molar-refractivity contribution in [2.24, 2.45) is 0 Å². The first-order chi connectivity index (χ1) is 16.6. The van der Waals surface area contributed by atoms with Crippen LogP contribution in [0.2, 0.25) is 0 Å². The number of aryl methyl sites for hydroxylation is 1. The van der Waals surface area contributed by atoms with Gasteiger partial charge in [-0.2, -0.15) is 0 Å². The molecule has 10 heteroatoms. The molecule has 1 aliphatic heterocycles. The van der Waals surface area contributed by atoms with Crippen LogP contribution < -0.4 is 9.47 Å². The number of carbonyl (C=O) groups excluding carboxylic acids is 5. The quantitative estimate of drug-likeness (QED) is 0.436. The van der Waals surface area contributed by atoms with Crippen molar-refractivity contribution in [1.29, 1.82) is 0 Å². The third-order valence-corrected chi connectivity index (χ3v) is 5.36. The van der Waals surface area contributed by atoms with Crippen molar-refractivity contribution in [3.8, 4) is 11.5 Å². The van der Waals surface area contributed by atoms with Crippen LogP contribution in [0.25, 0.3) is 0 Å². The summed E-state index contributed by atoms with van der Waals surface area (Å²) in [6.07, 6.45) is -0.519. The highest BCUT2D eigenvalue weighted by Gasteiger charge is 2.42. The largest absolute Gasteiger partial charge is 0.493 e. The van der Waals surface area contributed by atoms with Crippen LogP contribution in [0.5, 0.6) is 11.5 Å². The minimum Gasteiger partial charge on any atom is -0.493 e. The van der Waals surface area contributed by atoms with Crippen molar-refractivity contribution < 1.29 is 38.3 Å². The van der Waals surface area contributed by atoms with Crippen LogP contribution in [-0.4, -0.2) is 53.3 Å². The molecule has 0 fully saturated rings. The molecule has 0 spiro atoms. The van der Waals surface area contributed by atoms with Gasteiger partial charge in [0.15, 0.2) is 11.5 Å². The molecular formula is C25H26N2O8. The van der Waals surface area contributed by atoms with Gasteiger partial charge in [-0.3, -0.25) is 24.1 Å². The fourth-order valence-corrected chi connectivity index (χ4v) is 3.85. The number of imide groups is 2. The summed E-state index contributed by atoms with van der Waals surface area (Å²) in [7, 11) is 1.47. The van der Waals surface area contributed by atoms with E-state index in [1.165, 1.54) is 7.11 Å². The number of nitrogens with zero attached hydrogens (tertiary/aromatic N) is 2. The normalized spacial score (nSPS) is 13.2. The van der Waals surface area contributed by atoms with E-state index in [2.05, 4.69) is 0 Å². The summed E-state index contributed by atoms with van der Waals surface area (Å²) in [5.41, 5.74) is 1.61. The van der Waals surface area contributed by atoms with Crippen LogP contribution in [0.3, 0.4) is 0 Å². The summed E-state index contributed by atoms with van der Waals surface area (Å²) < 4.78 is 10.9. The molecule has 10 nitrogen and oxygen atoms in total. The van der Waals surface area contributed by atoms with Gasteiger partial charge in [0.1, 0.15) is 0 Å². The molecule has 4 amide bonds. The predicted octanol–water partition coefficient (Wildman–Crippen LogP) is 2.98. The molecule has 2 aromatic rings. The molecule has 184 valence electrons. The first-order valence-corrected chi connectivity index (χ1v) is 10.9. The van der Waals surface area contributed by atoms with E-state index in [-0.39, 0.29) is 11.1 Å². The summed E-state index contributed by atoms with van der Waals surface area (Å²) >= 11 is 0. The van der Waals surface area contributed by atoms with E-state index in [9.17, 15) is 24.0 Å². The number of methoxy groups -OCH3 is 1. The minimum atomic E-state index is -1.13. The van der Waals surface area contributed by atoms with Crippen LogP contribution in [0.1, 0.15) is 65.1 Å². The first-order valence-electron chi connectivity index (χ1n) is 10.9. The van der Waals surface area contributed by atoms with E-state index >= 15 is 0 Å². The summed E-state index contributed by atoms with van der Waals surface area (Å²) in [6, 6.07) is 8.51. The number of carbonyl (C=O) groups is 5. The smallest absolute Gasteiger partial charge is 0.330 e. The molecule has 0 aliphatic carbocycles. The number of ether oxygens (including phenoxy) is 2. The van der Waals surface area contributed by atoms with Crippen LogP contribution >= 0.6 is 0 Å². The van der Waals surface area contributed by atoms with E-state index in [1.807, 2.05) is 0 Å². The van der Waals surface area contributed by atoms with Crippen LogP contribution in [0, 0.1) is 6.92 Å². The molecule has 3 rings (SSSR count). The Morgan fingerprint density at radius 2 is 1.66 bits per heavy atom. The van der Waals surface area contributed by atoms with E-state index < -0.39 is 42.1 Å². The maximum Gasteiger partial charge on any atom is 0.330 e. The van der Waals surface area contributed by atoms with E-state index in [1.54, 1.807) is 50.2 Å². The van der Waals surface area contributed by atoms with Gasteiger partial charge < -0.3 is 14.3 Å². The monoisotopic (exact) mass is 482 g/mol. The lowest BCUT2D eigenvalue weighted by atomic mass is 10.0. The molecule has 1 unspecified atom stereocenters. The zero-order valence-electron chi connectivity index (χ0n) is 20.1. The third kappa shape index (κ3) is 5.16. The fraction of sp³-hybridized carbons (Fsp3) is 0.320. The second-order valence-corrected chi connectivity index (χ2v) is 7.88. The van der Waals surface area contributed by atoms with Gasteiger partial charge in [0.25, 0.3) is 23.6 Å². The standard InChI is InChI=1S/C25H26N2O8/c1-6-34-22-12-17(8-10-21(22)33-5)20(13-23(30)27(15(3)28)35-16(4)29)26-24(31)18-9-7-14(2)11-19(18)25(26)32/h7-12,20H,6,13H2,1-5H3. The highest BCUT2D eigenvalue weighted by molar-refractivity contribution is 6.21. The molecule has 1 atom stereocenters. The average molecular weight is 482 g/mol. The van der Waals surface area contributed by atoms with Gasteiger partial charge in [-0.1, -0.05) is 17.7 Å². The Bertz CT molecular complexity index is 1210. The SMILES string of the molecule is CCOc1cc(C(CC(=O)N(OC(C)=O)C(C)=O)N2C(=O)c3ccc(C)cc3C2=O)ccc1OC. The average Bonchev–Trinajstić information content (AvgIpc) is 3.04. The Balaban J connectivity index is 2.10. The van der Waals surface area contributed by atoms with Crippen molar-refractivity contribution in [1.82, 2.24) is 9.96 Å².